The first kappa shape index (κ1) is 5.32. The summed E-state index contributed by atoms with van der Waals surface area (Å²) in [5, 5.41) is 0. The fraction of sp³-hybridized carbons (Fsp3) is 0. The highest BCUT2D eigenvalue weighted by atomic mass is 14.0. The minimum Gasteiger partial charge on any atom is -0.0702 e. The Balaban J connectivity index is 2.74. The Labute approximate surface area is 60.5 Å². The zero-order valence-corrected chi connectivity index (χ0v) is 5.39. The van der Waals surface area contributed by atoms with Crippen LogP contribution in [0.1, 0.15) is 0 Å². The normalized spacial score (nSPS) is 9.20. The zero-order valence-electron chi connectivity index (χ0n) is 5.39. The summed E-state index contributed by atoms with van der Waals surface area (Å²) in [6, 6.07) is 18.5. The summed E-state index contributed by atoms with van der Waals surface area (Å²) < 4.78 is 0. The van der Waals surface area contributed by atoms with Crippen LogP contribution in [-0.4, -0.2) is 0 Å². The van der Waals surface area contributed by atoms with Gasteiger partial charge in [0.05, 0.1) is 0 Å². The minimum absolute atomic E-state index is 1.12. The van der Waals surface area contributed by atoms with Gasteiger partial charge in [0.1, 0.15) is 0 Å². The predicted molar refractivity (Wildman–Crippen MR) is 39.6 cm³/mol. The van der Waals surface area contributed by atoms with Crippen molar-refractivity contribution in [2.75, 3.05) is 0 Å². The van der Waals surface area contributed by atoms with Crippen molar-refractivity contribution >= 4 is 0 Å². The van der Waals surface area contributed by atoms with E-state index in [9.17, 15) is 0 Å². The average molecular weight is 125 g/mol. The summed E-state index contributed by atoms with van der Waals surface area (Å²) in [6.45, 7) is 0. The second-order valence-electron chi connectivity index (χ2n) is 2.11. The van der Waals surface area contributed by atoms with E-state index in [4.69, 9.17) is 0 Å². The maximum absolute atomic E-state index is 3.10. The lowest BCUT2D eigenvalue weighted by Crippen LogP contribution is -1.60. The van der Waals surface area contributed by atoms with Crippen molar-refractivity contribution in [1.29, 1.82) is 0 Å². The summed E-state index contributed by atoms with van der Waals surface area (Å²) in [5.41, 5.74) is 2.29. The molecule has 0 aromatic carbocycles. The Morgan fingerprint density at radius 3 is 3.00 bits per heavy atom. The molecule has 0 atom stereocenters. The molecule has 0 aliphatic heterocycles. The molecule has 0 heterocycles. The SMILES string of the molecule is c1ccc2[c]ccc-2cc#1. The van der Waals surface area contributed by atoms with E-state index in [1.54, 1.807) is 0 Å². The largest absolute Gasteiger partial charge is 0.0702 e. The van der Waals surface area contributed by atoms with Crippen molar-refractivity contribution in [2.45, 2.75) is 0 Å². The molecular weight excluding hydrogens is 120 g/mol. The van der Waals surface area contributed by atoms with Gasteiger partial charge in [-0.1, -0.05) is 24.3 Å². The van der Waals surface area contributed by atoms with Crippen molar-refractivity contribution in [1.82, 2.24) is 0 Å². The van der Waals surface area contributed by atoms with Crippen LogP contribution in [0.2, 0.25) is 0 Å². The lowest BCUT2D eigenvalue weighted by Gasteiger charge is -1.84. The van der Waals surface area contributed by atoms with Gasteiger partial charge in [0.25, 0.3) is 0 Å². The Morgan fingerprint density at radius 1 is 1.00 bits per heavy atom. The molecule has 0 amide bonds. The van der Waals surface area contributed by atoms with E-state index < -0.39 is 0 Å². The van der Waals surface area contributed by atoms with Crippen LogP contribution in [0.3, 0.4) is 0 Å². The van der Waals surface area contributed by atoms with Gasteiger partial charge in [0, 0.05) is 0 Å². The maximum atomic E-state index is 3.10. The summed E-state index contributed by atoms with van der Waals surface area (Å²) in [7, 11) is 0. The Morgan fingerprint density at radius 2 is 2.00 bits per heavy atom. The molecule has 0 heteroatoms. The molecule has 1 radical (unpaired) electrons. The average Bonchev–Trinajstić information content (AvgIpc) is 2.28. The number of hydrogen-bond donors (Lipinski definition) is 0. The molecule has 0 aromatic heterocycles. The summed E-state index contributed by atoms with van der Waals surface area (Å²) in [5.74, 6) is 0. The van der Waals surface area contributed by atoms with Crippen molar-refractivity contribution in [2.24, 2.45) is 0 Å². The minimum atomic E-state index is 1.12. The predicted octanol–water partition coefficient (Wildman–Crippen LogP) is 2.19. The van der Waals surface area contributed by atoms with Gasteiger partial charge in [0.15, 0.2) is 0 Å². The quantitative estimate of drug-likeness (QED) is 0.506. The molecule has 0 bridgehead atoms. The number of fused-ring (bicyclic) bond motifs is 1. The van der Waals surface area contributed by atoms with E-state index in [-0.39, 0.29) is 0 Å². The lowest BCUT2D eigenvalue weighted by atomic mass is 10.2. The second kappa shape index (κ2) is 2.04. The van der Waals surface area contributed by atoms with Crippen molar-refractivity contribution in [3.63, 3.8) is 0 Å². The van der Waals surface area contributed by atoms with Crippen LogP contribution in [0.15, 0.2) is 30.3 Å². The molecule has 0 unspecified atom stereocenters. The molecule has 0 saturated carbocycles. The highest BCUT2D eigenvalue weighted by molar-refractivity contribution is 5.63. The molecule has 45 valence electrons. The Bertz CT molecular complexity index is 271. The van der Waals surface area contributed by atoms with Crippen LogP contribution in [0, 0.1) is 18.2 Å². The van der Waals surface area contributed by atoms with Crippen molar-refractivity contribution in [3.05, 3.63) is 48.5 Å². The summed E-state index contributed by atoms with van der Waals surface area (Å²) in [6.07, 6.45) is 0. The van der Waals surface area contributed by atoms with Crippen LogP contribution < -0.4 is 0 Å². The van der Waals surface area contributed by atoms with E-state index in [1.165, 1.54) is 5.56 Å². The van der Waals surface area contributed by atoms with Crippen LogP contribution in [0.5, 0.6) is 0 Å². The van der Waals surface area contributed by atoms with Gasteiger partial charge in [-0.15, -0.1) is 0 Å². The van der Waals surface area contributed by atoms with Gasteiger partial charge in [-0.05, 0) is 35.4 Å². The first-order chi connectivity index (χ1) is 4.97. The molecule has 0 spiro atoms. The molecule has 2 aliphatic carbocycles. The molecule has 0 aromatic rings. The van der Waals surface area contributed by atoms with Gasteiger partial charge in [-0.3, -0.25) is 0 Å². The molecule has 0 fully saturated rings. The molecule has 0 saturated heterocycles. The van der Waals surface area contributed by atoms with E-state index >= 15 is 0 Å². The van der Waals surface area contributed by atoms with E-state index in [0.29, 0.717) is 0 Å². The topological polar surface area (TPSA) is 0 Å². The molecule has 0 N–H and O–H groups in total. The van der Waals surface area contributed by atoms with Crippen molar-refractivity contribution < 1.29 is 0 Å². The standard InChI is InChI=1S/C10H5/c1-2-5-9-7-4-8-10(9)6-3-1/h2,4-6,8H. The third-order valence-corrected chi connectivity index (χ3v) is 1.46. The second-order valence-corrected chi connectivity index (χ2v) is 2.11. The fourth-order valence-electron chi connectivity index (χ4n) is 0.957. The van der Waals surface area contributed by atoms with E-state index in [1.807, 2.05) is 30.3 Å². The summed E-state index contributed by atoms with van der Waals surface area (Å²) >= 11 is 0. The maximum Gasteiger partial charge on any atom is -0.00365 e. The van der Waals surface area contributed by atoms with Crippen LogP contribution in [-0.2, 0) is 0 Å². The third kappa shape index (κ3) is 0.728. The van der Waals surface area contributed by atoms with Crippen LogP contribution in [0.4, 0.5) is 0 Å². The molecule has 2 aliphatic rings. The van der Waals surface area contributed by atoms with Gasteiger partial charge in [0.2, 0.25) is 0 Å². The van der Waals surface area contributed by atoms with Gasteiger partial charge in [-0.25, -0.2) is 0 Å². The molecule has 10 heavy (non-hydrogen) atoms. The fourth-order valence-corrected chi connectivity index (χ4v) is 0.957. The molecule has 2 rings (SSSR count). The van der Waals surface area contributed by atoms with Gasteiger partial charge < -0.3 is 0 Å². The van der Waals surface area contributed by atoms with E-state index in [2.05, 4.69) is 18.2 Å². The van der Waals surface area contributed by atoms with Gasteiger partial charge in [-0.2, -0.15) is 0 Å². The Kier molecular flexibility index (Phi) is 1.08. The zero-order chi connectivity index (χ0) is 6.81. The smallest absolute Gasteiger partial charge is 0.00365 e. The highest BCUT2D eigenvalue weighted by Gasteiger charge is 1.95. The number of hydrogen-bond acceptors (Lipinski definition) is 0. The first-order valence-electron chi connectivity index (χ1n) is 3.15. The molecular formula is C10H5. The highest BCUT2D eigenvalue weighted by Crippen LogP contribution is 2.18. The van der Waals surface area contributed by atoms with Gasteiger partial charge >= 0.3 is 0 Å². The lowest BCUT2D eigenvalue weighted by molar-refractivity contribution is 1.82. The molecule has 0 nitrogen and oxygen atoms in total. The van der Waals surface area contributed by atoms with E-state index in [0.717, 1.165) is 5.56 Å². The number of rotatable bonds is 0. The summed E-state index contributed by atoms with van der Waals surface area (Å²) in [4.78, 5) is 0. The third-order valence-electron chi connectivity index (χ3n) is 1.46. The first-order valence-corrected chi connectivity index (χ1v) is 3.15. The van der Waals surface area contributed by atoms with Crippen LogP contribution in [0.25, 0.3) is 11.1 Å². The van der Waals surface area contributed by atoms with Crippen LogP contribution >= 0.6 is 0 Å². The van der Waals surface area contributed by atoms with Crippen molar-refractivity contribution in [3.8, 4) is 11.1 Å². The Hall–Kier alpha value is -1.48. The monoisotopic (exact) mass is 125 g/mol.